The highest BCUT2D eigenvalue weighted by Crippen LogP contribution is 2.21. The molecule has 6 heteroatoms. The fourth-order valence-corrected chi connectivity index (χ4v) is 4.22. The lowest BCUT2D eigenvalue weighted by molar-refractivity contribution is 0.0845. The van der Waals surface area contributed by atoms with E-state index in [1.807, 2.05) is 24.4 Å². The summed E-state index contributed by atoms with van der Waals surface area (Å²) in [7, 11) is 0. The van der Waals surface area contributed by atoms with Crippen LogP contribution < -0.4 is 10.9 Å². The van der Waals surface area contributed by atoms with Crippen LogP contribution in [-0.4, -0.2) is 28.1 Å². The summed E-state index contributed by atoms with van der Waals surface area (Å²) in [5, 5.41) is 13.8. The fourth-order valence-electron chi connectivity index (χ4n) is 4.22. The van der Waals surface area contributed by atoms with Gasteiger partial charge in [0.15, 0.2) is 0 Å². The van der Waals surface area contributed by atoms with Crippen LogP contribution >= 0.6 is 0 Å². The molecule has 0 radical (unpaired) electrons. The third kappa shape index (κ3) is 4.27. The first-order valence-corrected chi connectivity index (χ1v) is 10.2. The number of para-hydroxylation sites is 1. The summed E-state index contributed by atoms with van der Waals surface area (Å²) in [4.78, 5) is 28.4. The summed E-state index contributed by atoms with van der Waals surface area (Å²) in [6, 6.07) is 9.76. The van der Waals surface area contributed by atoms with Gasteiger partial charge < -0.3 is 19.8 Å². The average molecular weight is 394 g/mol. The van der Waals surface area contributed by atoms with Crippen molar-refractivity contribution in [2.75, 3.05) is 0 Å². The van der Waals surface area contributed by atoms with Crippen LogP contribution in [-0.2, 0) is 12.8 Å². The minimum absolute atomic E-state index is 0.0564. The van der Waals surface area contributed by atoms with Crippen LogP contribution in [0.15, 0.2) is 45.7 Å². The molecule has 1 aliphatic rings. The van der Waals surface area contributed by atoms with E-state index in [9.17, 15) is 14.7 Å². The molecular formula is C23H26N2O4. The Morgan fingerprint density at radius 2 is 2.10 bits per heavy atom. The average Bonchev–Trinajstić information content (AvgIpc) is 3.09. The second-order valence-corrected chi connectivity index (χ2v) is 7.91. The van der Waals surface area contributed by atoms with E-state index in [2.05, 4.69) is 16.4 Å². The number of benzene rings is 1. The third-order valence-electron chi connectivity index (χ3n) is 5.72. The van der Waals surface area contributed by atoms with Gasteiger partial charge in [-0.3, -0.25) is 4.79 Å². The number of hydrogen-bond acceptors (Lipinski definition) is 4. The minimum Gasteiger partial charge on any atom is -0.427 e. The van der Waals surface area contributed by atoms with E-state index in [-0.39, 0.29) is 11.6 Å². The number of aromatic amines is 1. The van der Waals surface area contributed by atoms with Crippen molar-refractivity contribution in [3.63, 3.8) is 0 Å². The molecule has 1 amide bonds. The molecule has 2 aromatic heterocycles. The summed E-state index contributed by atoms with van der Waals surface area (Å²) in [6.07, 6.45) is 5.88. The Kier molecular flexibility index (Phi) is 5.53. The topological polar surface area (TPSA) is 95.3 Å². The molecule has 0 saturated heterocycles. The van der Waals surface area contributed by atoms with Crippen LogP contribution in [0.25, 0.3) is 10.9 Å². The van der Waals surface area contributed by atoms with Crippen LogP contribution in [0, 0.1) is 6.92 Å². The molecule has 1 aromatic carbocycles. The second-order valence-electron chi connectivity index (χ2n) is 7.91. The molecule has 4 rings (SSSR count). The van der Waals surface area contributed by atoms with Crippen molar-refractivity contribution in [2.45, 2.75) is 57.6 Å². The van der Waals surface area contributed by atoms with Crippen molar-refractivity contribution >= 4 is 16.8 Å². The molecule has 2 atom stereocenters. The van der Waals surface area contributed by atoms with Gasteiger partial charge in [-0.2, -0.15) is 0 Å². The molecule has 3 aromatic rings. The smallest absolute Gasteiger partial charge is 0.349 e. The van der Waals surface area contributed by atoms with Gasteiger partial charge in [0.05, 0.1) is 6.10 Å². The molecule has 1 saturated carbocycles. The Morgan fingerprint density at radius 1 is 1.28 bits per heavy atom. The number of rotatable bonds is 5. The molecule has 0 spiro atoms. The number of H-pyrrole nitrogens is 1. The maximum Gasteiger partial charge on any atom is 0.349 e. The summed E-state index contributed by atoms with van der Waals surface area (Å²) in [5.41, 5.74) is 2.32. The molecule has 0 bridgehead atoms. The molecular weight excluding hydrogens is 368 g/mol. The first-order chi connectivity index (χ1) is 14.0. The van der Waals surface area contributed by atoms with E-state index in [1.165, 1.54) is 5.56 Å². The van der Waals surface area contributed by atoms with E-state index in [0.29, 0.717) is 24.2 Å². The number of aryl methyl sites for hydroxylation is 3. The van der Waals surface area contributed by atoms with E-state index < -0.39 is 17.6 Å². The molecule has 3 N–H and O–H groups in total. The maximum absolute atomic E-state index is 12.6. The number of carbonyl (C=O) groups is 1. The van der Waals surface area contributed by atoms with Crippen molar-refractivity contribution < 1.29 is 14.3 Å². The van der Waals surface area contributed by atoms with Crippen molar-refractivity contribution in [3.8, 4) is 0 Å². The lowest BCUT2D eigenvalue weighted by Gasteiger charge is -2.26. The molecule has 152 valence electrons. The number of nitrogens with one attached hydrogen (secondary N) is 2. The lowest BCUT2D eigenvalue weighted by atomic mass is 9.93. The number of aromatic nitrogens is 1. The van der Waals surface area contributed by atoms with Gasteiger partial charge in [-0.25, -0.2) is 4.79 Å². The zero-order valence-corrected chi connectivity index (χ0v) is 16.5. The van der Waals surface area contributed by atoms with E-state index in [0.717, 1.165) is 36.6 Å². The van der Waals surface area contributed by atoms with Gasteiger partial charge in [0.1, 0.15) is 11.3 Å². The van der Waals surface area contributed by atoms with Gasteiger partial charge in [0.25, 0.3) is 5.91 Å². The van der Waals surface area contributed by atoms with Gasteiger partial charge in [0, 0.05) is 29.6 Å². The number of hydrogen-bond donors (Lipinski definition) is 3. The van der Waals surface area contributed by atoms with Crippen molar-refractivity contribution in [3.05, 3.63) is 69.4 Å². The summed E-state index contributed by atoms with van der Waals surface area (Å²) in [6.45, 7) is 1.76. The number of amides is 1. The van der Waals surface area contributed by atoms with Crippen LogP contribution in [0.4, 0.5) is 0 Å². The van der Waals surface area contributed by atoms with Gasteiger partial charge in [0.2, 0.25) is 0 Å². The first kappa shape index (κ1) is 19.5. The second kappa shape index (κ2) is 8.25. The number of aliphatic hydroxyl groups excluding tert-OH is 1. The molecule has 0 unspecified atom stereocenters. The molecule has 6 nitrogen and oxygen atoms in total. The van der Waals surface area contributed by atoms with Gasteiger partial charge in [-0.15, -0.1) is 0 Å². The predicted octanol–water partition coefficient (Wildman–Crippen LogP) is 3.25. The Hall–Kier alpha value is -2.86. The summed E-state index contributed by atoms with van der Waals surface area (Å²) in [5.74, 6) is 0.154. The third-order valence-corrected chi connectivity index (χ3v) is 5.72. The molecule has 0 aliphatic heterocycles. The highest BCUT2D eigenvalue weighted by atomic mass is 16.4. The fraction of sp³-hybridized carbons (Fsp3) is 0.391. The van der Waals surface area contributed by atoms with Crippen molar-refractivity contribution in [1.82, 2.24) is 10.3 Å². The quantitative estimate of drug-likeness (QED) is 0.619. The van der Waals surface area contributed by atoms with Gasteiger partial charge in [-0.05, 0) is 62.3 Å². The zero-order valence-electron chi connectivity index (χ0n) is 16.5. The monoisotopic (exact) mass is 394 g/mol. The Balaban J connectivity index is 1.46. The maximum atomic E-state index is 12.6. The van der Waals surface area contributed by atoms with E-state index in [1.54, 1.807) is 13.0 Å². The Labute approximate surface area is 168 Å². The van der Waals surface area contributed by atoms with Gasteiger partial charge >= 0.3 is 5.63 Å². The standard InChI is InChI=1S/C23H26N2O4/c1-14-11-18(10-9-15-13-24-20-8-3-2-7-19(15)20)29-23(28)21(14)22(27)25-16-5-4-6-17(26)12-16/h2-3,7-8,11,13,16-17,24,26H,4-6,9-10,12H2,1H3,(H,25,27)/t16-,17+/m0/s1. The van der Waals surface area contributed by atoms with E-state index >= 15 is 0 Å². The molecule has 1 aliphatic carbocycles. The van der Waals surface area contributed by atoms with Crippen LogP contribution in [0.2, 0.25) is 0 Å². The lowest BCUT2D eigenvalue weighted by Crippen LogP contribution is -2.41. The largest absolute Gasteiger partial charge is 0.427 e. The highest BCUT2D eigenvalue weighted by molar-refractivity contribution is 5.95. The number of fused-ring (bicyclic) bond motifs is 1. The SMILES string of the molecule is Cc1cc(CCc2c[nH]c3ccccc23)oc(=O)c1C(=O)N[C@H]1CCC[C@@H](O)C1. The number of aliphatic hydroxyl groups is 1. The van der Waals surface area contributed by atoms with Gasteiger partial charge in [-0.1, -0.05) is 18.2 Å². The van der Waals surface area contributed by atoms with Crippen LogP contribution in [0.1, 0.15) is 52.9 Å². The Morgan fingerprint density at radius 3 is 2.90 bits per heavy atom. The molecule has 29 heavy (non-hydrogen) atoms. The molecule has 2 heterocycles. The summed E-state index contributed by atoms with van der Waals surface area (Å²) < 4.78 is 5.46. The first-order valence-electron chi connectivity index (χ1n) is 10.2. The van der Waals surface area contributed by atoms with Crippen molar-refractivity contribution in [1.29, 1.82) is 0 Å². The summed E-state index contributed by atoms with van der Waals surface area (Å²) >= 11 is 0. The zero-order chi connectivity index (χ0) is 20.4. The van der Waals surface area contributed by atoms with Crippen LogP contribution in [0.3, 0.4) is 0 Å². The van der Waals surface area contributed by atoms with E-state index in [4.69, 9.17) is 4.42 Å². The minimum atomic E-state index is -0.604. The molecule has 1 fully saturated rings. The number of carbonyl (C=O) groups excluding carboxylic acids is 1. The van der Waals surface area contributed by atoms with Crippen molar-refractivity contribution in [2.24, 2.45) is 0 Å². The Bertz CT molecular complexity index is 1080. The normalized spacial score (nSPS) is 19.4. The predicted molar refractivity (Wildman–Crippen MR) is 111 cm³/mol. The highest BCUT2D eigenvalue weighted by Gasteiger charge is 2.24. The van der Waals surface area contributed by atoms with Crippen LogP contribution in [0.5, 0.6) is 0 Å².